The standard InChI is InChI=1S/C25H14NO.C11H20O2.Ir/c1-2-6-18-16(5-1)9-12-22-19(18)13-14-26-25(22)17-10-11-21-20-7-3-4-8-23(20)27-24(21)15-17;1-10(2,3)8(12)7-9(13)11(4,5)6;/h1-9,11-15H;7,12H,1-6H3;/q-1;;/p+1/b;8-7-;. The monoisotopic (exact) mass is 722 g/mol. The number of pyridine rings is 1. The van der Waals surface area contributed by atoms with Gasteiger partial charge in [-0.25, -0.2) is 0 Å². The van der Waals surface area contributed by atoms with E-state index in [1.165, 1.54) is 22.2 Å². The minimum absolute atomic E-state index is 0. The largest absolute Gasteiger partial charge is 0.511 e. The Morgan fingerprint density at radius 2 is 1.46 bits per heavy atom. The van der Waals surface area contributed by atoms with E-state index in [0.717, 1.165) is 38.6 Å². The van der Waals surface area contributed by atoms with Gasteiger partial charge in [0.1, 0.15) is 11.3 Å². The first-order chi connectivity index (χ1) is 18.9. The third-order valence-electron chi connectivity index (χ3n) is 7.05. The van der Waals surface area contributed by atoms with Crippen LogP contribution < -0.4 is 0 Å². The van der Waals surface area contributed by atoms with Gasteiger partial charge < -0.3 is 14.5 Å². The van der Waals surface area contributed by atoms with Gasteiger partial charge in [0, 0.05) is 31.7 Å². The molecule has 211 valence electrons. The Balaban J connectivity index is 0.000000239. The van der Waals surface area contributed by atoms with Gasteiger partial charge in [0.2, 0.25) is 0 Å². The summed E-state index contributed by atoms with van der Waals surface area (Å²) in [4.78, 5) is 14.3. The van der Waals surface area contributed by atoms with E-state index in [9.17, 15) is 9.90 Å². The van der Waals surface area contributed by atoms with E-state index < -0.39 is 0 Å². The molecule has 2 heterocycles. The quantitative estimate of drug-likeness (QED) is 0.0637. The fourth-order valence-electron chi connectivity index (χ4n) is 4.51. The van der Waals surface area contributed by atoms with Crippen LogP contribution in [0.25, 0.3) is 54.7 Å². The number of aromatic nitrogens is 1. The summed E-state index contributed by atoms with van der Waals surface area (Å²) in [5, 5.41) is 16.6. The van der Waals surface area contributed by atoms with Gasteiger partial charge >= 0.3 is 5.78 Å². The molecule has 0 fully saturated rings. The number of benzene rings is 4. The number of rotatable bonds is 2. The zero-order valence-electron chi connectivity index (χ0n) is 24.2. The molecule has 0 saturated carbocycles. The van der Waals surface area contributed by atoms with E-state index >= 15 is 0 Å². The van der Waals surface area contributed by atoms with Crippen molar-refractivity contribution in [3.63, 3.8) is 0 Å². The fraction of sp³-hybridized carbons (Fsp3) is 0.222. The predicted octanol–water partition coefficient (Wildman–Crippen LogP) is 9.82. The van der Waals surface area contributed by atoms with Crippen molar-refractivity contribution in [2.45, 2.75) is 41.5 Å². The molecule has 6 aromatic rings. The number of aliphatic hydroxyl groups is 1. The molecule has 4 nitrogen and oxygen atoms in total. The van der Waals surface area contributed by atoms with Crippen molar-refractivity contribution in [3.8, 4) is 11.3 Å². The minimum Gasteiger partial charge on any atom is -0.511 e. The molecule has 0 aliphatic carbocycles. The summed E-state index contributed by atoms with van der Waals surface area (Å²) < 4.78 is 6.05. The SMILES string of the molecule is CC(C)(C)C(=[OH+])/C=C(\O)C(C)(C)C.[Ir].[c-]1cc2c(cc1-c1nccc3c1ccc1ccccc13)oc1ccccc12. The summed E-state index contributed by atoms with van der Waals surface area (Å²) >= 11 is 0. The van der Waals surface area contributed by atoms with E-state index in [2.05, 4.69) is 59.6 Å². The Labute approximate surface area is 254 Å². The van der Waals surface area contributed by atoms with Gasteiger partial charge in [0.05, 0.1) is 17.1 Å². The first-order valence-corrected chi connectivity index (χ1v) is 13.5. The zero-order valence-corrected chi connectivity index (χ0v) is 26.6. The smallest absolute Gasteiger partial charge is 0.325 e. The van der Waals surface area contributed by atoms with E-state index in [0.29, 0.717) is 0 Å². The van der Waals surface area contributed by atoms with E-state index in [4.69, 9.17) is 4.42 Å². The molecule has 6 rings (SSSR count). The molecule has 2 aromatic heterocycles. The topological polar surface area (TPSA) is 67.7 Å². The van der Waals surface area contributed by atoms with Crippen LogP contribution in [0.2, 0.25) is 0 Å². The van der Waals surface area contributed by atoms with Crippen LogP contribution in [-0.4, -0.2) is 20.7 Å². The average molecular weight is 722 g/mol. The van der Waals surface area contributed by atoms with Crippen molar-refractivity contribution in [1.82, 2.24) is 4.98 Å². The number of hydrogen-bond acceptors (Lipinski definition) is 3. The van der Waals surface area contributed by atoms with Crippen LogP contribution in [0, 0.1) is 16.9 Å². The van der Waals surface area contributed by atoms with Crippen molar-refractivity contribution in [2.75, 3.05) is 0 Å². The Bertz CT molecular complexity index is 1900. The summed E-state index contributed by atoms with van der Waals surface area (Å²) in [6, 6.07) is 30.4. The predicted molar refractivity (Wildman–Crippen MR) is 167 cm³/mol. The first kappa shape index (κ1) is 30.2. The van der Waals surface area contributed by atoms with Crippen LogP contribution in [0.1, 0.15) is 41.5 Å². The molecule has 5 heteroatoms. The molecule has 0 atom stereocenters. The Morgan fingerprint density at radius 3 is 2.17 bits per heavy atom. The Kier molecular flexibility index (Phi) is 8.54. The Hall–Kier alpha value is -3.79. The second-order valence-electron chi connectivity index (χ2n) is 12.2. The van der Waals surface area contributed by atoms with Crippen molar-refractivity contribution in [3.05, 3.63) is 103 Å². The molecule has 1 radical (unpaired) electrons. The maximum atomic E-state index is 9.60. The number of nitrogens with zero attached hydrogens (tertiary/aromatic N) is 1. The number of carbonyl (C=O) groups excluding carboxylic acids is 1. The van der Waals surface area contributed by atoms with Gasteiger partial charge in [0.15, 0.2) is 0 Å². The van der Waals surface area contributed by atoms with Gasteiger partial charge in [-0.1, -0.05) is 86.8 Å². The number of furan rings is 1. The van der Waals surface area contributed by atoms with Crippen molar-refractivity contribution in [2.24, 2.45) is 10.8 Å². The van der Waals surface area contributed by atoms with Crippen LogP contribution in [-0.2, 0) is 20.1 Å². The Morgan fingerprint density at radius 1 is 0.780 bits per heavy atom. The molecule has 0 amide bonds. The molecule has 0 spiro atoms. The third kappa shape index (κ3) is 6.27. The van der Waals surface area contributed by atoms with Gasteiger partial charge in [-0.15, -0.1) is 17.7 Å². The molecule has 0 aliphatic heterocycles. The van der Waals surface area contributed by atoms with Crippen LogP contribution in [0.4, 0.5) is 0 Å². The van der Waals surface area contributed by atoms with Crippen molar-refractivity contribution < 1.29 is 34.4 Å². The summed E-state index contributed by atoms with van der Waals surface area (Å²) in [5.74, 6) is 0.417. The summed E-state index contributed by atoms with van der Waals surface area (Å²) in [6.45, 7) is 11.4. The molecule has 0 aliphatic rings. The van der Waals surface area contributed by atoms with E-state index in [-0.39, 0.29) is 42.5 Å². The maximum absolute atomic E-state index is 9.60. The van der Waals surface area contributed by atoms with Crippen LogP contribution in [0.15, 0.2) is 101 Å². The van der Waals surface area contributed by atoms with E-state index in [1.54, 1.807) is 0 Å². The molecule has 4 aromatic carbocycles. The average Bonchev–Trinajstić information content (AvgIpc) is 3.30. The van der Waals surface area contributed by atoms with E-state index in [1.807, 2.05) is 78.1 Å². The van der Waals surface area contributed by atoms with Crippen LogP contribution >= 0.6 is 0 Å². The summed E-state index contributed by atoms with van der Waals surface area (Å²) in [7, 11) is 0. The number of allylic oxidation sites excluding steroid dienone is 2. The number of aliphatic hydroxyl groups excluding tert-OH is 1. The van der Waals surface area contributed by atoms with Gasteiger partial charge in [-0.05, 0) is 65.5 Å². The van der Waals surface area contributed by atoms with Gasteiger partial charge in [0.25, 0.3) is 0 Å². The molecule has 2 N–H and O–H groups in total. The van der Waals surface area contributed by atoms with Crippen LogP contribution in [0.5, 0.6) is 0 Å². The molecular weight excluding hydrogens is 687 g/mol. The molecular formula is C36H35IrNO3. The first-order valence-electron chi connectivity index (χ1n) is 13.5. The second kappa shape index (κ2) is 11.6. The number of para-hydroxylation sites is 1. The van der Waals surface area contributed by atoms with Gasteiger partial charge in [-0.2, -0.15) is 0 Å². The fourth-order valence-corrected chi connectivity index (χ4v) is 4.51. The van der Waals surface area contributed by atoms with Crippen molar-refractivity contribution >= 4 is 49.3 Å². The molecule has 0 saturated heterocycles. The summed E-state index contributed by atoms with van der Waals surface area (Å²) in [5.41, 5.74) is 3.03. The third-order valence-corrected chi connectivity index (χ3v) is 7.05. The molecule has 0 bridgehead atoms. The number of hydrogen-bond donors (Lipinski definition) is 1. The van der Waals surface area contributed by atoms with Crippen LogP contribution in [0.3, 0.4) is 0 Å². The summed E-state index contributed by atoms with van der Waals surface area (Å²) in [6.07, 6.45) is 3.32. The maximum Gasteiger partial charge on any atom is 0.325 e. The minimum atomic E-state index is -0.306. The molecule has 41 heavy (non-hydrogen) atoms. The number of ketones is 1. The van der Waals surface area contributed by atoms with Crippen molar-refractivity contribution in [1.29, 1.82) is 0 Å². The molecule has 0 unspecified atom stereocenters. The second-order valence-corrected chi connectivity index (χ2v) is 12.2. The zero-order chi connectivity index (χ0) is 28.7. The van der Waals surface area contributed by atoms with Gasteiger partial charge in [-0.3, -0.25) is 4.79 Å². The normalized spacial score (nSPS) is 12.3. The number of fused-ring (bicyclic) bond motifs is 6.